The molecule has 0 saturated heterocycles. The first-order valence-corrected chi connectivity index (χ1v) is 8.62. The van der Waals surface area contributed by atoms with E-state index in [0.717, 1.165) is 18.2 Å². The highest BCUT2D eigenvalue weighted by Crippen LogP contribution is 2.31. The number of hydrogen-bond acceptors (Lipinski definition) is 4. The number of sulfonamides is 1. The second kappa shape index (κ2) is 7.55. The first-order chi connectivity index (χ1) is 11.7. The summed E-state index contributed by atoms with van der Waals surface area (Å²) < 4.78 is 64.3. The lowest BCUT2D eigenvalue weighted by molar-refractivity contribution is -0.137. The van der Waals surface area contributed by atoms with E-state index in [9.17, 15) is 21.6 Å². The molecular weight excluding hydrogens is 355 g/mol. The van der Waals surface area contributed by atoms with Crippen LogP contribution in [0.4, 0.5) is 18.9 Å². The Hall–Kier alpha value is -2.57. The van der Waals surface area contributed by atoms with Crippen LogP contribution in [0, 0.1) is 11.3 Å². The van der Waals surface area contributed by atoms with Gasteiger partial charge in [0.1, 0.15) is 6.07 Å². The van der Waals surface area contributed by atoms with E-state index in [0.29, 0.717) is 0 Å². The van der Waals surface area contributed by atoms with Crippen molar-refractivity contribution in [2.45, 2.75) is 11.1 Å². The summed E-state index contributed by atoms with van der Waals surface area (Å²) in [5.41, 5.74) is -0.880. The van der Waals surface area contributed by atoms with E-state index in [-0.39, 0.29) is 29.2 Å². The number of anilines is 1. The molecule has 0 saturated carbocycles. The molecule has 2 N–H and O–H groups in total. The molecule has 2 aromatic rings. The number of halogens is 3. The van der Waals surface area contributed by atoms with Gasteiger partial charge < -0.3 is 5.32 Å². The minimum absolute atomic E-state index is 0.00309. The predicted octanol–water partition coefficient (Wildman–Crippen LogP) is 2.97. The van der Waals surface area contributed by atoms with Crippen LogP contribution < -0.4 is 10.0 Å². The van der Waals surface area contributed by atoms with Crippen LogP contribution in [0.1, 0.15) is 11.1 Å². The maximum atomic E-state index is 12.6. The number of rotatable bonds is 6. The minimum Gasteiger partial charge on any atom is -0.383 e. The van der Waals surface area contributed by atoms with Gasteiger partial charge in [-0.2, -0.15) is 18.4 Å². The largest absolute Gasteiger partial charge is 0.416 e. The molecule has 0 heterocycles. The van der Waals surface area contributed by atoms with Crippen molar-refractivity contribution in [3.8, 4) is 6.07 Å². The van der Waals surface area contributed by atoms with Gasteiger partial charge in [0.25, 0.3) is 0 Å². The zero-order valence-corrected chi connectivity index (χ0v) is 13.7. The number of alkyl halides is 3. The average Bonchev–Trinajstić information content (AvgIpc) is 2.58. The first kappa shape index (κ1) is 18.8. The van der Waals surface area contributed by atoms with E-state index in [1.165, 1.54) is 12.1 Å². The quantitative estimate of drug-likeness (QED) is 0.767. The number of nitrogens with zero attached hydrogens (tertiary/aromatic N) is 1. The topological polar surface area (TPSA) is 82.0 Å². The number of nitriles is 1. The van der Waals surface area contributed by atoms with Crippen LogP contribution in [-0.4, -0.2) is 21.5 Å². The van der Waals surface area contributed by atoms with E-state index < -0.39 is 21.8 Å². The molecule has 0 fully saturated rings. The third kappa shape index (κ3) is 4.95. The van der Waals surface area contributed by atoms with E-state index in [1.807, 2.05) is 0 Å². The smallest absolute Gasteiger partial charge is 0.383 e. The van der Waals surface area contributed by atoms with E-state index in [1.54, 1.807) is 24.3 Å². The monoisotopic (exact) mass is 369 g/mol. The summed E-state index contributed by atoms with van der Waals surface area (Å²) in [5.74, 6) is 0. The Morgan fingerprint density at radius 1 is 1.04 bits per heavy atom. The van der Waals surface area contributed by atoms with Gasteiger partial charge >= 0.3 is 6.18 Å². The molecule has 0 aliphatic carbocycles. The predicted molar refractivity (Wildman–Crippen MR) is 86.3 cm³/mol. The SMILES string of the molecule is N#Cc1cc(C(F)(F)F)ccc1NCCNS(=O)(=O)c1ccccc1. The molecule has 132 valence electrons. The lowest BCUT2D eigenvalue weighted by Crippen LogP contribution is -2.29. The van der Waals surface area contributed by atoms with Gasteiger partial charge in [-0.25, -0.2) is 13.1 Å². The fraction of sp³-hybridized carbons (Fsp3) is 0.188. The molecule has 9 heteroatoms. The van der Waals surface area contributed by atoms with Crippen molar-refractivity contribution >= 4 is 15.7 Å². The minimum atomic E-state index is -4.53. The van der Waals surface area contributed by atoms with Crippen molar-refractivity contribution in [3.05, 3.63) is 59.7 Å². The fourth-order valence-corrected chi connectivity index (χ4v) is 3.09. The molecule has 0 radical (unpaired) electrons. The van der Waals surface area contributed by atoms with Crippen LogP contribution in [0.3, 0.4) is 0 Å². The molecule has 2 aromatic carbocycles. The molecule has 0 bridgehead atoms. The third-order valence-electron chi connectivity index (χ3n) is 3.25. The summed E-state index contributed by atoms with van der Waals surface area (Å²) in [6.45, 7) is 0.106. The van der Waals surface area contributed by atoms with E-state index in [2.05, 4.69) is 10.0 Å². The Labute approximate surface area is 143 Å². The summed E-state index contributed by atoms with van der Waals surface area (Å²) in [7, 11) is -3.66. The molecule has 25 heavy (non-hydrogen) atoms. The summed E-state index contributed by atoms with van der Waals surface area (Å²) in [4.78, 5) is 0.113. The standard InChI is InChI=1S/C16H14F3N3O2S/c17-16(18,19)13-6-7-15(12(10-13)11-20)21-8-9-22-25(23,24)14-4-2-1-3-5-14/h1-7,10,21-22H,8-9H2. The van der Waals surface area contributed by atoms with Crippen LogP contribution in [0.15, 0.2) is 53.4 Å². The second-order valence-electron chi connectivity index (χ2n) is 5.01. The maximum absolute atomic E-state index is 12.6. The Kier molecular flexibility index (Phi) is 5.66. The molecule has 0 amide bonds. The molecule has 0 atom stereocenters. The molecule has 5 nitrogen and oxygen atoms in total. The number of benzene rings is 2. The van der Waals surface area contributed by atoms with Gasteiger partial charge in [-0.15, -0.1) is 0 Å². The lowest BCUT2D eigenvalue weighted by Gasteiger charge is -2.12. The second-order valence-corrected chi connectivity index (χ2v) is 6.77. The van der Waals surface area contributed by atoms with Crippen molar-refractivity contribution < 1.29 is 21.6 Å². The van der Waals surface area contributed by atoms with Crippen molar-refractivity contribution in [1.82, 2.24) is 4.72 Å². The van der Waals surface area contributed by atoms with Gasteiger partial charge in [-0.1, -0.05) is 18.2 Å². The highest BCUT2D eigenvalue weighted by atomic mass is 32.2. The highest BCUT2D eigenvalue weighted by molar-refractivity contribution is 7.89. The van der Waals surface area contributed by atoms with Gasteiger partial charge in [-0.05, 0) is 30.3 Å². The van der Waals surface area contributed by atoms with E-state index >= 15 is 0 Å². The van der Waals surface area contributed by atoms with Gasteiger partial charge in [0.2, 0.25) is 10.0 Å². The summed E-state index contributed by atoms with van der Waals surface area (Å²) in [5, 5.41) is 11.7. The molecule has 0 aromatic heterocycles. The Balaban J connectivity index is 1.97. The van der Waals surface area contributed by atoms with Crippen molar-refractivity contribution in [3.63, 3.8) is 0 Å². The van der Waals surface area contributed by atoms with Crippen molar-refractivity contribution in [2.75, 3.05) is 18.4 Å². The molecule has 0 unspecified atom stereocenters. The van der Waals surface area contributed by atoms with Gasteiger partial charge in [-0.3, -0.25) is 0 Å². The highest BCUT2D eigenvalue weighted by Gasteiger charge is 2.31. The molecule has 0 spiro atoms. The summed E-state index contributed by atoms with van der Waals surface area (Å²) in [6, 6.07) is 12.2. The van der Waals surface area contributed by atoms with Gasteiger partial charge in [0.05, 0.1) is 21.7 Å². The van der Waals surface area contributed by atoms with Crippen LogP contribution >= 0.6 is 0 Å². The van der Waals surface area contributed by atoms with Crippen LogP contribution in [-0.2, 0) is 16.2 Å². The van der Waals surface area contributed by atoms with Gasteiger partial charge in [0.15, 0.2) is 0 Å². The zero-order valence-electron chi connectivity index (χ0n) is 12.8. The Bertz CT molecular complexity index is 876. The van der Waals surface area contributed by atoms with E-state index in [4.69, 9.17) is 5.26 Å². The maximum Gasteiger partial charge on any atom is 0.416 e. The number of hydrogen-bond donors (Lipinski definition) is 2. The Morgan fingerprint density at radius 2 is 1.72 bits per heavy atom. The van der Waals surface area contributed by atoms with Crippen LogP contribution in [0.5, 0.6) is 0 Å². The van der Waals surface area contributed by atoms with Crippen molar-refractivity contribution in [1.29, 1.82) is 5.26 Å². The average molecular weight is 369 g/mol. The summed E-state index contributed by atoms with van der Waals surface area (Å²) >= 11 is 0. The Morgan fingerprint density at radius 3 is 2.32 bits per heavy atom. The molecule has 2 rings (SSSR count). The first-order valence-electron chi connectivity index (χ1n) is 7.14. The lowest BCUT2D eigenvalue weighted by atomic mass is 10.1. The van der Waals surface area contributed by atoms with Gasteiger partial charge in [0, 0.05) is 13.1 Å². The summed E-state index contributed by atoms with van der Waals surface area (Å²) in [6.07, 6.45) is -4.53. The molecule has 0 aliphatic rings. The van der Waals surface area contributed by atoms with Crippen molar-refractivity contribution in [2.24, 2.45) is 0 Å². The normalized spacial score (nSPS) is 11.8. The molecule has 0 aliphatic heterocycles. The third-order valence-corrected chi connectivity index (χ3v) is 4.73. The fourth-order valence-electron chi connectivity index (χ4n) is 2.03. The zero-order chi connectivity index (χ0) is 18.5. The van der Waals surface area contributed by atoms with Crippen LogP contribution in [0.2, 0.25) is 0 Å². The number of nitrogens with one attached hydrogen (secondary N) is 2. The molecular formula is C16H14F3N3O2S. The van der Waals surface area contributed by atoms with Crippen LogP contribution in [0.25, 0.3) is 0 Å².